The zero-order valence-electron chi connectivity index (χ0n) is 10.3. The standard InChI is InChI=1S/C9H17N5O3S/c1-3-14-6-7(10)8(13-14)9(15)11-4-5-12-18(2,16)17/h6,12H,3-5,10H2,1-2H3,(H,11,15). The van der Waals surface area contributed by atoms with Gasteiger partial charge in [-0.05, 0) is 6.92 Å². The second-order valence-electron chi connectivity index (χ2n) is 3.71. The smallest absolute Gasteiger partial charge is 0.273 e. The van der Waals surface area contributed by atoms with Crippen molar-refractivity contribution in [2.24, 2.45) is 0 Å². The maximum Gasteiger partial charge on any atom is 0.273 e. The van der Waals surface area contributed by atoms with Crippen molar-refractivity contribution in [3.05, 3.63) is 11.9 Å². The SMILES string of the molecule is CCn1cc(N)c(C(=O)NCCNS(C)(=O)=O)n1. The number of nitrogens with two attached hydrogens (primary N) is 1. The van der Waals surface area contributed by atoms with E-state index in [0.29, 0.717) is 12.2 Å². The van der Waals surface area contributed by atoms with Crippen LogP contribution in [0.25, 0.3) is 0 Å². The van der Waals surface area contributed by atoms with E-state index in [2.05, 4.69) is 15.1 Å². The van der Waals surface area contributed by atoms with Crippen LogP contribution in [0, 0.1) is 0 Å². The fraction of sp³-hybridized carbons (Fsp3) is 0.556. The number of hydrogen-bond acceptors (Lipinski definition) is 5. The molecular weight excluding hydrogens is 258 g/mol. The lowest BCUT2D eigenvalue weighted by atomic mass is 10.3. The van der Waals surface area contributed by atoms with Crippen LogP contribution in [-0.4, -0.2) is 43.5 Å². The lowest BCUT2D eigenvalue weighted by Gasteiger charge is -2.04. The van der Waals surface area contributed by atoms with Gasteiger partial charge in [0.05, 0.1) is 11.9 Å². The van der Waals surface area contributed by atoms with Gasteiger partial charge in [0.25, 0.3) is 5.91 Å². The largest absolute Gasteiger partial charge is 0.396 e. The number of nitrogens with zero attached hydrogens (tertiary/aromatic N) is 2. The second-order valence-corrected chi connectivity index (χ2v) is 5.54. The van der Waals surface area contributed by atoms with Crippen LogP contribution >= 0.6 is 0 Å². The first-order valence-electron chi connectivity index (χ1n) is 5.39. The maximum atomic E-state index is 11.7. The van der Waals surface area contributed by atoms with Gasteiger partial charge in [0.1, 0.15) is 0 Å². The van der Waals surface area contributed by atoms with Gasteiger partial charge in [0.15, 0.2) is 5.69 Å². The fourth-order valence-corrected chi connectivity index (χ4v) is 1.74. The normalized spacial score (nSPS) is 11.4. The first-order chi connectivity index (χ1) is 8.33. The Hall–Kier alpha value is -1.61. The van der Waals surface area contributed by atoms with Gasteiger partial charge < -0.3 is 11.1 Å². The Morgan fingerprint density at radius 3 is 2.67 bits per heavy atom. The number of amides is 1. The van der Waals surface area contributed by atoms with Crippen molar-refractivity contribution in [1.82, 2.24) is 19.8 Å². The summed E-state index contributed by atoms with van der Waals surface area (Å²) in [5, 5.41) is 6.52. The highest BCUT2D eigenvalue weighted by molar-refractivity contribution is 7.88. The molecule has 0 radical (unpaired) electrons. The van der Waals surface area contributed by atoms with Gasteiger partial charge in [-0.15, -0.1) is 0 Å². The van der Waals surface area contributed by atoms with Crippen LogP contribution in [0.1, 0.15) is 17.4 Å². The molecule has 4 N–H and O–H groups in total. The first kappa shape index (κ1) is 14.5. The summed E-state index contributed by atoms with van der Waals surface area (Å²) in [5.74, 6) is -0.421. The molecule has 18 heavy (non-hydrogen) atoms. The van der Waals surface area contributed by atoms with E-state index in [1.54, 1.807) is 10.9 Å². The zero-order valence-corrected chi connectivity index (χ0v) is 11.1. The fourth-order valence-electron chi connectivity index (χ4n) is 1.27. The van der Waals surface area contributed by atoms with Gasteiger partial charge in [-0.3, -0.25) is 9.48 Å². The number of hydrogen-bond donors (Lipinski definition) is 3. The Labute approximate surface area is 106 Å². The molecule has 1 heterocycles. The Morgan fingerprint density at radius 1 is 1.50 bits per heavy atom. The molecule has 0 saturated heterocycles. The lowest BCUT2D eigenvalue weighted by molar-refractivity contribution is 0.0949. The molecule has 0 unspecified atom stereocenters. The molecule has 1 amide bonds. The van der Waals surface area contributed by atoms with Gasteiger partial charge in [0, 0.05) is 25.8 Å². The van der Waals surface area contributed by atoms with E-state index in [1.807, 2.05) is 6.92 Å². The van der Waals surface area contributed by atoms with Crippen LogP contribution in [0.5, 0.6) is 0 Å². The summed E-state index contributed by atoms with van der Waals surface area (Å²) >= 11 is 0. The summed E-state index contributed by atoms with van der Waals surface area (Å²) in [5.41, 5.74) is 6.08. The number of carbonyl (C=O) groups is 1. The predicted molar refractivity (Wildman–Crippen MR) is 67.5 cm³/mol. The summed E-state index contributed by atoms with van der Waals surface area (Å²) in [4.78, 5) is 11.7. The van der Waals surface area contributed by atoms with Crippen LogP contribution in [0.4, 0.5) is 5.69 Å². The number of anilines is 1. The van der Waals surface area contributed by atoms with Gasteiger partial charge >= 0.3 is 0 Å². The topological polar surface area (TPSA) is 119 Å². The zero-order chi connectivity index (χ0) is 13.8. The average Bonchev–Trinajstić information content (AvgIpc) is 2.64. The van der Waals surface area contributed by atoms with Crippen LogP contribution < -0.4 is 15.8 Å². The van der Waals surface area contributed by atoms with E-state index in [0.717, 1.165) is 6.26 Å². The molecule has 1 rings (SSSR count). The van der Waals surface area contributed by atoms with Crippen molar-refractivity contribution in [2.75, 3.05) is 25.1 Å². The van der Waals surface area contributed by atoms with Crippen molar-refractivity contribution in [2.45, 2.75) is 13.5 Å². The Balaban J connectivity index is 2.48. The first-order valence-corrected chi connectivity index (χ1v) is 7.28. The second kappa shape index (κ2) is 5.83. The number of aryl methyl sites for hydroxylation is 1. The quantitative estimate of drug-likeness (QED) is 0.561. The van der Waals surface area contributed by atoms with Gasteiger partial charge in [-0.25, -0.2) is 13.1 Å². The molecule has 1 aromatic heterocycles. The number of nitrogens with one attached hydrogen (secondary N) is 2. The third-order valence-corrected chi connectivity index (χ3v) is 2.83. The van der Waals surface area contributed by atoms with E-state index in [1.165, 1.54) is 0 Å². The highest BCUT2D eigenvalue weighted by Crippen LogP contribution is 2.08. The molecule has 0 aliphatic rings. The molecule has 0 aliphatic heterocycles. The number of sulfonamides is 1. The Bertz CT molecular complexity index is 522. The summed E-state index contributed by atoms with van der Waals surface area (Å²) < 4.78 is 25.4. The van der Waals surface area contributed by atoms with Crippen molar-refractivity contribution in [3.8, 4) is 0 Å². The molecule has 0 aromatic carbocycles. The number of nitrogen functional groups attached to an aromatic ring is 1. The van der Waals surface area contributed by atoms with E-state index in [-0.39, 0.29) is 18.8 Å². The summed E-state index contributed by atoms with van der Waals surface area (Å²) in [6, 6.07) is 0. The molecule has 0 saturated carbocycles. The van der Waals surface area contributed by atoms with Crippen molar-refractivity contribution < 1.29 is 13.2 Å². The molecule has 0 aliphatic carbocycles. The van der Waals surface area contributed by atoms with E-state index in [9.17, 15) is 13.2 Å². The Morgan fingerprint density at radius 2 is 2.17 bits per heavy atom. The van der Waals surface area contributed by atoms with Crippen LogP contribution in [0.2, 0.25) is 0 Å². The van der Waals surface area contributed by atoms with Crippen molar-refractivity contribution in [3.63, 3.8) is 0 Å². The van der Waals surface area contributed by atoms with E-state index < -0.39 is 15.9 Å². The van der Waals surface area contributed by atoms with Crippen LogP contribution in [-0.2, 0) is 16.6 Å². The molecule has 0 atom stereocenters. The van der Waals surface area contributed by atoms with Gasteiger partial charge in [-0.1, -0.05) is 0 Å². The summed E-state index contributed by atoms with van der Waals surface area (Å²) in [6.45, 7) is 2.79. The summed E-state index contributed by atoms with van der Waals surface area (Å²) in [6.07, 6.45) is 2.62. The summed E-state index contributed by atoms with van der Waals surface area (Å²) in [7, 11) is -3.24. The lowest BCUT2D eigenvalue weighted by Crippen LogP contribution is -2.34. The predicted octanol–water partition coefficient (Wildman–Crippen LogP) is -1.24. The monoisotopic (exact) mass is 275 g/mol. The minimum Gasteiger partial charge on any atom is -0.396 e. The maximum absolute atomic E-state index is 11.7. The average molecular weight is 275 g/mol. The van der Waals surface area contributed by atoms with E-state index in [4.69, 9.17) is 5.73 Å². The molecule has 102 valence electrons. The number of rotatable bonds is 6. The van der Waals surface area contributed by atoms with Gasteiger partial charge in [0.2, 0.25) is 10.0 Å². The minimum absolute atomic E-state index is 0.124. The molecule has 1 aromatic rings. The van der Waals surface area contributed by atoms with E-state index >= 15 is 0 Å². The third-order valence-electron chi connectivity index (χ3n) is 2.10. The van der Waals surface area contributed by atoms with Crippen LogP contribution in [0.15, 0.2) is 6.20 Å². The molecular formula is C9H17N5O3S. The number of carbonyl (C=O) groups excluding carboxylic acids is 1. The van der Waals surface area contributed by atoms with Crippen molar-refractivity contribution >= 4 is 21.6 Å². The Kier molecular flexibility index (Phi) is 4.68. The van der Waals surface area contributed by atoms with Crippen LogP contribution in [0.3, 0.4) is 0 Å². The molecule has 0 spiro atoms. The minimum atomic E-state index is -3.24. The molecule has 8 nitrogen and oxygen atoms in total. The van der Waals surface area contributed by atoms with Crippen molar-refractivity contribution in [1.29, 1.82) is 0 Å². The molecule has 9 heteroatoms. The molecule has 0 fully saturated rings. The number of aromatic nitrogens is 2. The highest BCUT2D eigenvalue weighted by Gasteiger charge is 2.13. The third kappa shape index (κ3) is 4.34. The molecule has 0 bridgehead atoms. The van der Waals surface area contributed by atoms with Gasteiger partial charge in [-0.2, -0.15) is 5.10 Å². The highest BCUT2D eigenvalue weighted by atomic mass is 32.2.